The van der Waals surface area contributed by atoms with Crippen LogP contribution in [0.15, 0.2) is 91.6 Å². The fraction of sp³-hybridized carbons (Fsp3) is 0.0690. The number of fused-ring (bicyclic) bond motifs is 1. The van der Waals surface area contributed by atoms with E-state index < -0.39 is 5.97 Å². The van der Waals surface area contributed by atoms with Gasteiger partial charge >= 0.3 is 5.97 Å². The number of carbonyl (C=O) groups is 1. The third-order valence-electron chi connectivity index (χ3n) is 4.65. The van der Waals surface area contributed by atoms with E-state index >= 15 is 0 Å². The van der Waals surface area contributed by atoms with Gasteiger partial charge in [0.2, 0.25) is 0 Å². The minimum absolute atomic E-state index is 0.475. The quantitative estimate of drug-likeness (QED) is 0.173. The lowest BCUT2D eigenvalue weighted by atomic mass is 10.0. The molecule has 0 heterocycles. The van der Waals surface area contributed by atoms with E-state index in [1.54, 1.807) is 12.1 Å². The molecule has 0 N–H and O–H groups in total. The zero-order chi connectivity index (χ0) is 22.2. The molecule has 0 unspecified atom stereocenters. The van der Waals surface area contributed by atoms with Gasteiger partial charge in [-0.1, -0.05) is 61.1 Å². The molecule has 2 nitrogen and oxygen atoms in total. The normalized spacial score (nSPS) is 10.3. The highest BCUT2D eigenvalue weighted by molar-refractivity contribution is 5.87. The average Bonchev–Trinajstić information content (AvgIpc) is 2.79. The molecule has 0 amide bonds. The third-order valence-corrected chi connectivity index (χ3v) is 4.65. The van der Waals surface area contributed by atoms with Crippen LogP contribution in [0.1, 0.15) is 29.2 Å². The van der Waals surface area contributed by atoms with Crippen molar-refractivity contribution in [2.24, 2.45) is 0 Å². The monoisotopic (exact) mass is 402 g/mol. The topological polar surface area (TPSA) is 26.3 Å². The first kappa shape index (κ1) is 21.4. The second kappa shape index (κ2) is 9.97. The molecule has 0 aliphatic rings. The van der Waals surface area contributed by atoms with Gasteiger partial charge in [-0.15, -0.1) is 0 Å². The first-order chi connectivity index (χ1) is 15.0. The SMILES string of the molecule is C=CC(=O)Oc1ccc2cc(C#Cc3ccc(C#C/C(C=C)=C/C)c(C)c3)ccc2c1. The zero-order valence-corrected chi connectivity index (χ0v) is 17.7. The number of aryl methyl sites for hydroxylation is 1. The van der Waals surface area contributed by atoms with E-state index in [0.717, 1.165) is 44.7 Å². The Bertz CT molecular complexity index is 1330. The lowest BCUT2D eigenvalue weighted by Crippen LogP contribution is -2.02. The Morgan fingerprint density at radius 3 is 2.23 bits per heavy atom. The Hall–Kier alpha value is -4.27. The highest BCUT2D eigenvalue weighted by Crippen LogP contribution is 2.22. The van der Waals surface area contributed by atoms with E-state index in [2.05, 4.69) is 36.8 Å². The van der Waals surface area contributed by atoms with Gasteiger partial charge in [0.25, 0.3) is 0 Å². The Balaban J connectivity index is 1.81. The van der Waals surface area contributed by atoms with E-state index in [1.165, 1.54) is 0 Å². The van der Waals surface area contributed by atoms with Gasteiger partial charge in [0, 0.05) is 28.3 Å². The fourth-order valence-electron chi connectivity index (χ4n) is 2.93. The molecule has 31 heavy (non-hydrogen) atoms. The summed E-state index contributed by atoms with van der Waals surface area (Å²) in [6.45, 7) is 11.1. The molecular weight excluding hydrogens is 380 g/mol. The lowest BCUT2D eigenvalue weighted by Gasteiger charge is -2.04. The van der Waals surface area contributed by atoms with Crippen LogP contribution in [0, 0.1) is 30.6 Å². The molecule has 3 aromatic rings. The molecule has 0 radical (unpaired) electrons. The van der Waals surface area contributed by atoms with Crippen molar-refractivity contribution in [3.05, 3.63) is 114 Å². The average molecular weight is 402 g/mol. The summed E-state index contributed by atoms with van der Waals surface area (Å²) in [5.74, 6) is 12.7. The molecule has 0 atom stereocenters. The van der Waals surface area contributed by atoms with Gasteiger partial charge in [0.15, 0.2) is 0 Å². The molecule has 0 saturated carbocycles. The second-order valence-electron chi connectivity index (χ2n) is 6.83. The Morgan fingerprint density at radius 1 is 0.871 bits per heavy atom. The van der Waals surface area contributed by atoms with Crippen LogP contribution in [0.3, 0.4) is 0 Å². The number of allylic oxidation sites excluding steroid dienone is 3. The number of ether oxygens (including phenoxy) is 1. The van der Waals surface area contributed by atoms with Crippen LogP contribution >= 0.6 is 0 Å². The molecule has 0 spiro atoms. The largest absolute Gasteiger partial charge is 0.423 e. The van der Waals surface area contributed by atoms with Gasteiger partial charge in [0.1, 0.15) is 5.75 Å². The van der Waals surface area contributed by atoms with Crippen molar-refractivity contribution in [1.82, 2.24) is 0 Å². The third kappa shape index (κ3) is 5.63. The van der Waals surface area contributed by atoms with Crippen molar-refractivity contribution in [1.29, 1.82) is 0 Å². The van der Waals surface area contributed by atoms with Crippen LogP contribution in [0.25, 0.3) is 10.8 Å². The van der Waals surface area contributed by atoms with Gasteiger partial charge in [-0.2, -0.15) is 0 Å². The number of hydrogen-bond acceptors (Lipinski definition) is 2. The molecule has 0 aliphatic carbocycles. The molecule has 0 aliphatic heterocycles. The maximum atomic E-state index is 11.4. The summed E-state index contributed by atoms with van der Waals surface area (Å²) in [7, 11) is 0. The molecule has 0 fully saturated rings. The van der Waals surface area contributed by atoms with Crippen LogP contribution < -0.4 is 4.74 Å². The summed E-state index contributed by atoms with van der Waals surface area (Å²) in [6, 6.07) is 17.4. The van der Waals surface area contributed by atoms with Crippen LogP contribution in [-0.2, 0) is 4.79 Å². The van der Waals surface area contributed by atoms with Crippen LogP contribution in [0.5, 0.6) is 5.75 Å². The van der Waals surface area contributed by atoms with Gasteiger partial charge in [-0.3, -0.25) is 0 Å². The summed E-state index contributed by atoms with van der Waals surface area (Å²) in [6.07, 6.45) is 4.83. The van der Waals surface area contributed by atoms with Crippen molar-refractivity contribution in [2.75, 3.05) is 0 Å². The Labute approximate surface area is 183 Å². The van der Waals surface area contributed by atoms with Gasteiger partial charge in [-0.25, -0.2) is 4.79 Å². The standard InChI is InChI=1S/C29H22O2/c1-5-22(6-2)10-13-25-14-11-23(18-21(25)4)8-9-24-12-15-27-20-28(31-29(30)7-3)17-16-26(27)19-24/h5-7,11-12,14-20H,1,3H2,2,4H3/b22-6+. The molecule has 3 rings (SSSR count). The van der Waals surface area contributed by atoms with E-state index in [4.69, 9.17) is 4.74 Å². The van der Waals surface area contributed by atoms with E-state index in [1.807, 2.05) is 68.5 Å². The molecular formula is C29H22O2. The number of benzene rings is 3. The summed E-state index contributed by atoms with van der Waals surface area (Å²) in [5.41, 5.74) is 4.81. The number of rotatable bonds is 3. The van der Waals surface area contributed by atoms with Gasteiger partial charge in [-0.05, 0) is 72.6 Å². The highest BCUT2D eigenvalue weighted by atomic mass is 16.5. The smallest absolute Gasteiger partial charge is 0.335 e. The van der Waals surface area contributed by atoms with Crippen LogP contribution in [-0.4, -0.2) is 5.97 Å². The van der Waals surface area contributed by atoms with Gasteiger partial charge in [0.05, 0.1) is 0 Å². The maximum Gasteiger partial charge on any atom is 0.335 e. The molecule has 0 saturated heterocycles. The summed E-state index contributed by atoms with van der Waals surface area (Å²) >= 11 is 0. The van der Waals surface area contributed by atoms with Crippen LogP contribution in [0.4, 0.5) is 0 Å². The highest BCUT2D eigenvalue weighted by Gasteiger charge is 2.02. The molecule has 2 heteroatoms. The number of esters is 1. The van der Waals surface area contributed by atoms with E-state index in [9.17, 15) is 4.79 Å². The van der Waals surface area contributed by atoms with Crippen molar-refractivity contribution in [3.8, 4) is 29.4 Å². The molecule has 0 bridgehead atoms. The summed E-state index contributed by atoms with van der Waals surface area (Å²) in [5, 5.41) is 1.99. The van der Waals surface area contributed by atoms with Crippen molar-refractivity contribution in [3.63, 3.8) is 0 Å². The lowest BCUT2D eigenvalue weighted by molar-refractivity contribution is -0.128. The Kier molecular flexibility index (Phi) is 6.89. The van der Waals surface area contributed by atoms with Crippen molar-refractivity contribution in [2.45, 2.75) is 13.8 Å². The van der Waals surface area contributed by atoms with Crippen LogP contribution in [0.2, 0.25) is 0 Å². The first-order valence-electron chi connectivity index (χ1n) is 9.84. The summed E-state index contributed by atoms with van der Waals surface area (Å²) in [4.78, 5) is 11.4. The van der Waals surface area contributed by atoms with E-state index in [-0.39, 0.29) is 0 Å². The maximum absolute atomic E-state index is 11.4. The number of carbonyl (C=O) groups excluding carboxylic acids is 1. The fourth-order valence-corrected chi connectivity index (χ4v) is 2.93. The van der Waals surface area contributed by atoms with Crippen molar-refractivity contribution < 1.29 is 9.53 Å². The van der Waals surface area contributed by atoms with E-state index in [0.29, 0.717) is 5.75 Å². The Morgan fingerprint density at radius 2 is 1.55 bits per heavy atom. The predicted octanol–water partition coefficient (Wildman–Crippen LogP) is 6.12. The van der Waals surface area contributed by atoms with Crippen molar-refractivity contribution >= 4 is 16.7 Å². The van der Waals surface area contributed by atoms with Gasteiger partial charge < -0.3 is 4.74 Å². The number of hydrogen-bond donors (Lipinski definition) is 0. The minimum Gasteiger partial charge on any atom is -0.423 e. The first-order valence-corrected chi connectivity index (χ1v) is 9.84. The minimum atomic E-state index is -0.475. The predicted molar refractivity (Wildman–Crippen MR) is 128 cm³/mol. The molecule has 3 aromatic carbocycles. The second-order valence-corrected chi connectivity index (χ2v) is 6.83. The zero-order valence-electron chi connectivity index (χ0n) is 17.7. The molecule has 0 aromatic heterocycles. The molecule has 150 valence electrons. The summed E-state index contributed by atoms with van der Waals surface area (Å²) < 4.78 is 5.17.